The molecule has 0 bridgehead atoms. The highest BCUT2D eigenvalue weighted by Gasteiger charge is 2.29. The lowest BCUT2D eigenvalue weighted by molar-refractivity contribution is 0.317. The maximum atomic E-state index is 6.30. The number of halogens is 2. The van der Waals surface area contributed by atoms with Crippen LogP contribution in [0, 0.1) is 5.92 Å². The standard InChI is InChI=1S/C16H23Cl2NS/c1-3-8-19-14-7-4-11(2)9-16(14)20-15-10-12(17)5-6-13(15)18/h5-6,10-11,14,16,19H,3-4,7-9H2,1-2H3. The molecule has 0 amide bonds. The third-order valence-electron chi connectivity index (χ3n) is 3.88. The molecule has 0 spiro atoms. The molecule has 1 aromatic rings. The molecule has 0 aromatic heterocycles. The van der Waals surface area contributed by atoms with E-state index in [-0.39, 0.29) is 0 Å². The molecule has 1 aliphatic rings. The predicted octanol–water partition coefficient (Wildman–Crippen LogP) is 5.64. The number of hydrogen-bond acceptors (Lipinski definition) is 2. The van der Waals surface area contributed by atoms with E-state index >= 15 is 0 Å². The van der Waals surface area contributed by atoms with Gasteiger partial charge in [0.25, 0.3) is 0 Å². The van der Waals surface area contributed by atoms with E-state index in [9.17, 15) is 0 Å². The zero-order chi connectivity index (χ0) is 14.5. The fourth-order valence-corrected chi connectivity index (χ4v) is 4.76. The van der Waals surface area contributed by atoms with Crippen molar-refractivity contribution in [3.63, 3.8) is 0 Å². The van der Waals surface area contributed by atoms with Crippen molar-refractivity contribution in [1.82, 2.24) is 5.32 Å². The number of hydrogen-bond donors (Lipinski definition) is 1. The van der Waals surface area contributed by atoms with Gasteiger partial charge in [0.15, 0.2) is 0 Å². The molecule has 0 radical (unpaired) electrons. The second kappa shape index (κ2) is 7.93. The van der Waals surface area contributed by atoms with E-state index in [2.05, 4.69) is 19.2 Å². The molecule has 2 rings (SSSR count). The summed E-state index contributed by atoms with van der Waals surface area (Å²) in [5, 5.41) is 5.86. The van der Waals surface area contributed by atoms with E-state index < -0.39 is 0 Å². The lowest BCUT2D eigenvalue weighted by Crippen LogP contribution is -2.42. The molecular formula is C16H23Cl2NS. The zero-order valence-corrected chi connectivity index (χ0v) is 14.5. The average Bonchev–Trinajstić information content (AvgIpc) is 2.42. The molecule has 0 saturated heterocycles. The molecule has 0 aliphatic heterocycles. The Bertz CT molecular complexity index is 436. The van der Waals surface area contributed by atoms with Crippen LogP contribution >= 0.6 is 35.0 Å². The third-order valence-corrected chi connectivity index (χ3v) is 5.97. The van der Waals surface area contributed by atoms with Crippen LogP contribution < -0.4 is 5.32 Å². The molecule has 1 saturated carbocycles. The third kappa shape index (κ3) is 4.56. The molecule has 3 unspecified atom stereocenters. The van der Waals surface area contributed by atoms with Gasteiger partial charge in [0, 0.05) is 21.2 Å². The van der Waals surface area contributed by atoms with Crippen LogP contribution in [0.1, 0.15) is 39.5 Å². The molecule has 0 heterocycles. The number of benzene rings is 1. The SMILES string of the molecule is CCCNC1CCC(C)CC1Sc1cc(Cl)ccc1Cl. The average molecular weight is 332 g/mol. The molecule has 1 aromatic carbocycles. The molecule has 20 heavy (non-hydrogen) atoms. The number of nitrogens with one attached hydrogen (secondary N) is 1. The Kier molecular flexibility index (Phi) is 6.54. The first-order chi connectivity index (χ1) is 9.60. The summed E-state index contributed by atoms with van der Waals surface area (Å²) < 4.78 is 0. The monoisotopic (exact) mass is 331 g/mol. The van der Waals surface area contributed by atoms with E-state index in [1.54, 1.807) is 0 Å². The summed E-state index contributed by atoms with van der Waals surface area (Å²) in [6.45, 7) is 5.66. The van der Waals surface area contributed by atoms with E-state index in [0.717, 1.165) is 27.4 Å². The smallest absolute Gasteiger partial charge is 0.0543 e. The van der Waals surface area contributed by atoms with Gasteiger partial charge in [-0.3, -0.25) is 0 Å². The Morgan fingerprint density at radius 3 is 2.85 bits per heavy atom. The van der Waals surface area contributed by atoms with Crippen LogP contribution in [0.2, 0.25) is 10.0 Å². The molecule has 4 heteroatoms. The van der Waals surface area contributed by atoms with Gasteiger partial charge in [-0.2, -0.15) is 0 Å². The Morgan fingerprint density at radius 1 is 1.30 bits per heavy atom. The van der Waals surface area contributed by atoms with Crippen molar-refractivity contribution in [2.75, 3.05) is 6.54 Å². The van der Waals surface area contributed by atoms with Crippen molar-refractivity contribution in [2.45, 2.75) is 55.7 Å². The lowest BCUT2D eigenvalue weighted by atomic mass is 9.87. The largest absolute Gasteiger partial charge is 0.313 e. The Labute approximate surface area is 136 Å². The van der Waals surface area contributed by atoms with Crippen molar-refractivity contribution in [2.24, 2.45) is 5.92 Å². The Hall–Kier alpha value is 0.110. The number of rotatable bonds is 5. The van der Waals surface area contributed by atoms with Gasteiger partial charge in [-0.1, -0.05) is 37.0 Å². The van der Waals surface area contributed by atoms with Crippen molar-refractivity contribution < 1.29 is 0 Å². The highest BCUT2D eigenvalue weighted by molar-refractivity contribution is 8.00. The van der Waals surface area contributed by atoms with Gasteiger partial charge in [0.05, 0.1) is 5.02 Å². The molecule has 3 atom stereocenters. The fraction of sp³-hybridized carbons (Fsp3) is 0.625. The second-order valence-electron chi connectivity index (χ2n) is 5.71. The van der Waals surface area contributed by atoms with Gasteiger partial charge in [-0.05, 0) is 56.3 Å². The predicted molar refractivity (Wildman–Crippen MR) is 91.2 cm³/mol. The summed E-state index contributed by atoms with van der Waals surface area (Å²) in [7, 11) is 0. The summed E-state index contributed by atoms with van der Waals surface area (Å²) in [6, 6.07) is 6.33. The van der Waals surface area contributed by atoms with E-state index in [1.807, 2.05) is 30.0 Å². The Morgan fingerprint density at radius 2 is 2.10 bits per heavy atom. The van der Waals surface area contributed by atoms with Crippen LogP contribution in [0.5, 0.6) is 0 Å². The molecule has 112 valence electrons. The van der Waals surface area contributed by atoms with Crippen LogP contribution in [-0.2, 0) is 0 Å². The Balaban J connectivity index is 2.08. The molecule has 1 N–H and O–H groups in total. The first-order valence-corrected chi connectivity index (χ1v) is 9.08. The van der Waals surface area contributed by atoms with Crippen molar-refractivity contribution in [3.8, 4) is 0 Å². The minimum Gasteiger partial charge on any atom is -0.313 e. The molecule has 1 aliphatic carbocycles. The first-order valence-electron chi connectivity index (χ1n) is 7.45. The second-order valence-corrected chi connectivity index (χ2v) is 7.83. The summed E-state index contributed by atoms with van der Waals surface area (Å²) >= 11 is 14.3. The summed E-state index contributed by atoms with van der Waals surface area (Å²) in [6.07, 6.45) is 5.01. The topological polar surface area (TPSA) is 12.0 Å². The summed E-state index contributed by atoms with van der Waals surface area (Å²) in [4.78, 5) is 1.11. The van der Waals surface area contributed by atoms with E-state index in [0.29, 0.717) is 11.3 Å². The van der Waals surface area contributed by atoms with Crippen molar-refractivity contribution in [1.29, 1.82) is 0 Å². The van der Waals surface area contributed by atoms with Gasteiger partial charge in [0.2, 0.25) is 0 Å². The molecular weight excluding hydrogens is 309 g/mol. The number of thioether (sulfide) groups is 1. The van der Waals surface area contributed by atoms with Crippen molar-refractivity contribution >= 4 is 35.0 Å². The zero-order valence-electron chi connectivity index (χ0n) is 12.2. The van der Waals surface area contributed by atoms with Gasteiger partial charge in [0.1, 0.15) is 0 Å². The maximum absolute atomic E-state index is 6.30. The molecule has 1 nitrogen and oxygen atoms in total. The minimum absolute atomic E-state index is 0.585. The quantitative estimate of drug-likeness (QED) is 0.748. The van der Waals surface area contributed by atoms with Gasteiger partial charge >= 0.3 is 0 Å². The highest BCUT2D eigenvalue weighted by Crippen LogP contribution is 2.39. The summed E-state index contributed by atoms with van der Waals surface area (Å²) in [5.41, 5.74) is 0. The first kappa shape index (κ1) is 16.5. The van der Waals surface area contributed by atoms with Crippen LogP contribution in [0.15, 0.2) is 23.1 Å². The van der Waals surface area contributed by atoms with Gasteiger partial charge in [-0.15, -0.1) is 11.8 Å². The fourth-order valence-electron chi connectivity index (χ4n) is 2.75. The van der Waals surface area contributed by atoms with E-state index in [1.165, 1.54) is 25.7 Å². The van der Waals surface area contributed by atoms with Crippen LogP contribution in [0.3, 0.4) is 0 Å². The lowest BCUT2D eigenvalue weighted by Gasteiger charge is -2.35. The highest BCUT2D eigenvalue weighted by atomic mass is 35.5. The van der Waals surface area contributed by atoms with Crippen LogP contribution in [-0.4, -0.2) is 17.8 Å². The summed E-state index contributed by atoms with van der Waals surface area (Å²) in [5.74, 6) is 0.796. The minimum atomic E-state index is 0.585. The van der Waals surface area contributed by atoms with Gasteiger partial charge in [-0.25, -0.2) is 0 Å². The van der Waals surface area contributed by atoms with Crippen molar-refractivity contribution in [3.05, 3.63) is 28.2 Å². The van der Waals surface area contributed by atoms with Crippen LogP contribution in [0.25, 0.3) is 0 Å². The molecule has 1 fully saturated rings. The van der Waals surface area contributed by atoms with Gasteiger partial charge < -0.3 is 5.32 Å². The normalized spacial score (nSPS) is 26.7. The van der Waals surface area contributed by atoms with E-state index in [4.69, 9.17) is 23.2 Å². The van der Waals surface area contributed by atoms with Crippen LogP contribution in [0.4, 0.5) is 0 Å². The maximum Gasteiger partial charge on any atom is 0.0543 e.